The fourth-order valence-corrected chi connectivity index (χ4v) is 5.59. The van der Waals surface area contributed by atoms with Gasteiger partial charge in [-0.15, -0.1) is 0 Å². The van der Waals surface area contributed by atoms with E-state index in [2.05, 4.69) is 32.3 Å². The van der Waals surface area contributed by atoms with E-state index in [4.69, 9.17) is 4.74 Å². The summed E-state index contributed by atoms with van der Waals surface area (Å²) in [5.41, 5.74) is 1.91. The summed E-state index contributed by atoms with van der Waals surface area (Å²) in [5.74, 6) is 0.831. The van der Waals surface area contributed by atoms with Gasteiger partial charge in [0.1, 0.15) is 16.1 Å². The van der Waals surface area contributed by atoms with Gasteiger partial charge >= 0.3 is 0 Å². The molecular formula is C22H24N4O2S. The lowest BCUT2D eigenvalue weighted by Gasteiger charge is -2.45. The van der Waals surface area contributed by atoms with Crippen molar-refractivity contribution in [1.82, 2.24) is 20.2 Å². The summed E-state index contributed by atoms with van der Waals surface area (Å²) in [6.07, 6.45) is 7.41. The first kappa shape index (κ1) is 18.5. The number of piperidine rings is 1. The molecule has 2 bridgehead atoms. The molecule has 2 atom stereocenters. The van der Waals surface area contributed by atoms with Crippen molar-refractivity contribution in [3.63, 3.8) is 0 Å². The third-order valence-electron chi connectivity index (χ3n) is 6.05. The van der Waals surface area contributed by atoms with E-state index in [1.54, 1.807) is 13.1 Å². The second-order valence-corrected chi connectivity index (χ2v) is 8.92. The van der Waals surface area contributed by atoms with E-state index in [0.29, 0.717) is 11.2 Å². The van der Waals surface area contributed by atoms with Gasteiger partial charge in [-0.25, -0.2) is 9.97 Å². The van der Waals surface area contributed by atoms with Crippen LogP contribution in [0.5, 0.6) is 10.9 Å². The lowest BCUT2D eigenvalue weighted by atomic mass is 9.95. The Morgan fingerprint density at radius 2 is 2.14 bits per heavy atom. The molecule has 3 aromatic rings. The van der Waals surface area contributed by atoms with Crippen LogP contribution >= 0.6 is 11.3 Å². The predicted octanol–water partition coefficient (Wildman–Crippen LogP) is 4.46. The maximum atomic E-state index is 11.8. The highest BCUT2D eigenvalue weighted by molar-refractivity contribution is 7.19. The Kier molecular flexibility index (Phi) is 4.72. The molecule has 1 aromatic carbocycles. The fraction of sp³-hybridized carbons (Fsp3) is 0.409. The normalized spacial score (nSPS) is 24.0. The number of carbonyl (C=O) groups is 1. The molecule has 1 amide bonds. The van der Waals surface area contributed by atoms with Gasteiger partial charge < -0.3 is 10.1 Å². The molecule has 2 aliphatic heterocycles. The van der Waals surface area contributed by atoms with Gasteiger partial charge in [-0.05, 0) is 61.9 Å². The zero-order valence-electron chi connectivity index (χ0n) is 16.4. The number of amides is 1. The van der Waals surface area contributed by atoms with Gasteiger partial charge in [0, 0.05) is 25.7 Å². The van der Waals surface area contributed by atoms with Gasteiger partial charge in [0.25, 0.3) is 5.19 Å². The van der Waals surface area contributed by atoms with Crippen molar-refractivity contribution in [2.45, 2.75) is 57.3 Å². The largest absolute Gasteiger partial charge is 0.431 e. The number of benzene rings is 1. The highest BCUT2D eigenvalue weighted by atomic mass is 32.1. The molecule has 2 fully saturated rings. The van der Waals surface area contributed by atoms with Crippen LogP contribution in [0.15, 0.2) is 42.6 Å². The molecule has 1 N–H and O–H groups in total. The number of nitrogens with zero attached hydrogens (tertiary/aromatic N) is 3. The Morgan fingerprint density at radius 3 is 2.93 bits per heavy atom. The zero-order valence-corrected chi connectivity index (χ0v) is 17.2. The Morgan fingerprint density at radius 1 is 1.28 bits per heavy atom. The van der Waals surface area contributed by atoms with Crippen LogP contribution < -0.4 is 10.1 Å². The summed E-state index contributed by atoms with van der Waals surface area (Å²) >= 11 is 1.45. The number of rotatable bonds is 5. The molecule has 0 aliphatic carbocycles. The van der Waals surface area contributed by atoms with Gasteiger partial charge in [0.15, 0.2) is 0 Å². The molecule has 150 valence electrons. The van der Waals surface area contributed by atoms with Gasteiger partial charge in [0.2, 0.25) is 5.91 Å². The molecule has 0 spiro atoms. The number of hydrogen-bond acceptors (Lipinski definition) is 6. The molecule has 0 saturated carbocycles. The van der Waals surface area contributed by atoms with E-state index < -0.39 is 0 Å². The average Bonchev–Trinajstić information content (AvgIpc) is 3.17. The third-order valence-corrected chi connectivity index (χ3v) is 6.90. The molecule has 29 heavy (non-hydrogen) atoms. The van der Waals surface area contributed by atoms with E-state index in [9.17, 15) is 4.79 Å². The lowest BCUT2D eigenvalue weighted by molar-refractivity contribution is -0.124. The molecule has 6 nitrogen and oxygen atoms in total. The summed E-state index contributed by atoms with van der Waals surface area (Å²) in [5, 5.41) is 3.87. The quantitative estimate of drug-likeness (QED) is 0.675. The van der Waals surface area contributed by atoms with Crippen molar-refractivity contribution in [3.05, 3.63) is 48.2 Å². The Labute approximate surface area is 173 Å². The fourth-order valence-electron chi connectivity index (χ4n) is 4.81. The van der Waals surface area contributed by atoms with Crippen LogP contribution in [0, 0.1) is 0 Å². The number of nitrogens with one attached hydrogen (secondary N) is 1. The highest BCUT2D eigenvalue weighted by Crippen LogP contribution is 2.43. The van der Waals surface area contributed by atoms with Gasteiger partial charge in [-0.2, -0.15) is 0 Å². The Hall–Kier alpha value is -2.51. The standard InChI is InChI=1S/C22H24N4O2S/c1-15(27)25-22-11-2-4-17(10-12-22)26(22)14-16-6-8-18(9-7-16)28-21-24-19-5-3-13-23-20(19)29-21/h3,5-9,13,17H,2,4,10-12,14H2,1H3,(H,25,27)/t17-,22+/m0/s1. The summed E-state index contributed by atoms with van der Waals surface area (Å²) in [4.78, 5) is 24.0. The minimum Gasteiger partial charge on any atom is -0.431 e. The number of ether oxygens (including phenoxy) is 1. The number of aromatic nitrogens is 2. The molecule has 4 heterocycles. The molecule has 2 aliphatic rings. The van der Waals surface area contributed by atoms with Crippen molar-refractivity contribution in [1.29, 1.82) is 0 Å². The topological polar surface area (TPSA) is 67.4 Å². The molecule has 5 rings (SSSR count). The molecule has 2 saturated heterocycles. The van der Waals surface area contributed by atoms with Crippen molar-refractivity contribution >= 4 is 27.6 Å². The van der Waals surface area contributed by atoms with Crippen LogP contribution in [0.4, 0.5) is 0 Å². The molecular weight excluding hydrogens is 384 g/mol. The maximum absolute atomic E-state index is 11.8. The van der Waals surface area contributed by atoms with Gasteiger partial charge in [-0.3, -0.25) is 9.69 Å². The molecule has 2 aromatic heterocycles. The van der Waals surface area contributed by atoms with Crippen molar-refractivity contribution in [3.8, 4) is 10.9 Å². The zero-order chi connectivity index (χ0) is 19.8. The second-order valence-electron chi connectivity index (χ2n) is 7.98. The van der Waals surface area contributed by atoms with E-state index in [0.717, 1.165) is 41.9 Å². The first-order chi connectivity index (χ1) is 14.1. The number of thiazole rings is 1. The number of pyridine rings is 1. The minimum absolute atomic E-state index is 0.0617. The van der Waals surface area contributed by atoms with Crippen LogP contribution in [0.1, 0.15) is 44.6 Å². The van der Waals surface area contributed by atoms with Crippen LogP contribution in [-0.2, 0) is 11.3 Å². The number of fused-ring (bicyclic) bond motifs is 3. The van der Waals surface area contributed by atoms with Crippen LogP contribution in [-0.4, -0.2) is 32.5 Å². The summed E-state index contributed by atoms with van der Waals surface area (Å²) in [7, 11) is 0. The maximum Gasteiger partial charge on any atom is 0.281 e. The molecule has 0 unspecified atom stereocenters. The monoisotopic (exact) mass is 408 g/mol. The Balaban J connectivity index is 1.30. The summed E-state index contributed by atoms with van der Waals surface area (Å²) in [6.45, 7) is 2.47. The average molecular weight is 409 g/mol. The van der Waals surface area contributed by atoms with E-state index >= 15 is 0 Å². The lowest BCUT2D eigenvalue weighted by Crippen LogP contribution is -2.60. The van der Waals surface area contributed by atoms with E-state index in [-0.39, 0.29) is 11.6 Å². The number of hydrogen-bond donors (Lipinski definition) is 1. The van der Waals surface area contributed by atoms with Gasteiger partial charge in [0.05, 0.1) is 5.66 Å². The van der Waals surface area contributed by atoms with E-state index in [1.807, 2.05) is 24.3 Å². The molecule has 7 heteroatoms. The van der Waals surface area contributed by atoms with Crippen LogP contribution in [0.3, 0.4) is 0 Å². The summed E-state index contributed by atoms with van der Waals surface area (Å²) < 4.78 is 5.93. The van der Waals surface area contributed by atoms with Crippen molar-refractivity contribution in [2.75, 3.05) is 0 Å². The number of carbonyl (C=O) groups excluding carboxylic acids is 1. The summed E-state index contributed by atoms with van der Waals surface area (Å²) in [6, 6.07) is 12.6. The minimum atomic E-state index is -0.169. The Bertz CT molecular complexity index is 998. The van der Waals surface area contributed by atoms with Gasteiger partial charge in [-0.1, -0.05) is 23.5 Å². The SMILES string of the molecule is CC(=O)N[C@@]12CCC[C@@H](CC1)N2Cc1ccc(Oc2nc3cccnc3s2)cc1. The third kappa shape index (κ3) is 3.60. The first-order valence-electron chi connectivity index (χ1n) is 10.2. The van der Waals surface area contributed by atoms with Crippen LogP contribution in [0.2, 0.25) is 0 Å². The van der Waals surface area contributed by atoms with Crippen molar-refractivity contribution in [2.24, 2.45) is 0 Å². The smallest absolute Gasteiger partial charge is 0.281 e. The first-order valence-corrected chi connectivity index (χ1v) is 11.0. The predicted molar refractivity (Wildman–Crippen MR) is 113 cm³/mol. The highest BCUT2D eigenvalue weighted by Gasteiger charge is 2.48. The van der Waals surface area contributed by atoms with E-state index in [1.165, 1.54) is 29.7 Å². The molecule has 0 radical (unpaired) electrons. The van der Waals surface area contributed by atoms with Crippen molar-refractivity contribution < 1.29 is 9.53 Å². The van der Waals surface area contributed by atoms with Crippen LogP contribution in [0.25, 0.3) is 10.3 Å². The second kappa shape index (κ2) is 7.39.